The summed E-state index contributed by atoms with van der Waals surface area (Å²) in [7, 11) is 3.93. The molecule has 2 aliphatic rings. The highest BCUT2D eigenvalue weighted by Crippen LogP contribution is 2.34. The molecule has 6 rings (SSSR count). The maximum atomic E-state index is 12.9. The van der Waals surface area contributed by atoms with E-state index in [1.54, 1.807) is 4.52 Å². The number of likely N-dealkylation sites (N-methyl/N-ethyl adjacent to an activating group) is 1. The molecule has 5 heterocycles. The quantitative estimate of drug-likeness (QED) is 0.426. The van der Waals surface area contributed by atoms with Crippen LogP contribution in [-0.4, -0.2) is 79.4 Å². The van der Waals surface area contributed by atoms with Gasteiger partial charge in [-0.15, -0.1) is 0 Å². The second-order valence-corrected chi connectivity index (χ2v) is 8.99. The molecule has 1 saturated heterocycles. The van der Waals surface area contributed by atoms with Gasteiger partial charge in [0.1, 0.15) is 17.0 Å². The second-order valence-electron chi connectivity index (χ2n) is 8.99. The molecular weight excluding hydrogens is 420 g/mol. The van der Waals surface area contributed by atoms with Crippen molar-refractivity contribution in [1.82, 2.24) is 34.4 Å². The fraction of sp³-hybridized carbons (Fsp3) is 0.391. The summed E-state index contributed by atoms with van der Waals surface area (Å²) in [4.78, 5) is 24.7. The number of aliphatic hydroxyl groups excluding tert-OH is 1. The third-order valence-electron chi connectivity index (χ3n) is 6.83. The fourth-order valence-electron chi connectivity index (χ4n) is 4.74. The van der Waals surface area contributed by atoms with Crippen LogP contribution >= 0.6 is 0 Å². The highest BCUT2D eigenvalue weighted by atomic mass is 16.3. The first-order chi connectivity index (χ1) is 16.0. The van der Waals surface area contributed by atoms with E-state index in [2.05, 4.69) is 49.5 Å². The first kappa shape index (κ1) is 20.1. The van der Waals surface area contributed by atoms with Gasteiger partial charge in [-0.25, -0.2) is 9.97 Å². The van der Waals surface area contributed by atoms with Crippen molar-refractivity contribution in [3.63, 3.8) is 0 Å². The molecule has 0 aromatic carbocycles. The number of amides is 1. The lowest BCUT2D eigenvalue weighted by atomic mass is 9.89. The number of rotatable bonds is 5. The monoisotopic (exact) mass is 446 g/mol. The van der Waals surface area contributed by atoms with Crippen LogP contribution in [0.25, 0.3) is 27.9 Å². The molecule has 1 amide bonds. The van der Waals surface area contributed by atoms with Crippen LogP contribution in [0, 0.1) is 0 Å². The standard InChI is InChI=1S/C23H26N8O2/c1-24-20-8-18(16-12-30(13-10-29(2)11-13)21-14(16)4-3-7-25-21)27-22-15(9-26-31(20)22)23(33)28-17-5-6-19(17)32/h3-4,7-9,12-13,17,19,24,32H,5-6,10-11H2,1-2H3,(H,28,33)/t17-,19+/m0/s1. The van der Waals surface area contributed by atoms with Crippen LogP contribution in [0.4, 0.5) is 5.82 Å². The van der Waals surface area contributed by atoms with Gasteiger partial charge in [-0.3, -0.25) is 4.79 Å². The fourth-order valence-corrected chi connectivity index (χ4v) is 4.74. The van der Waals surface area contributed by atoms with Gasteiger partial charge in [-0.2, -0.15) is 9.61 Å². The molecule has 2 fully saturated rings. The van der Waals surface area contributed by atoms with E-state index >= 15 is 0 Å². The molecule has 10 heteroatoms. The zero-order chi connectivity index (χ0) is 22.7. The van der Waals surface area contributed by atoms with Gasteiger partial charge in [0.25, 0.3) is 5.91 Å². The SMILES string of the molecule is CNc1cc(-c2cn(C3CN(C)C3)c3ncccc23)nc2c(C(=O)N[C@H]3CC[C@H]3O)cnn12. The van der Waals surface area contributed by atoms with Crippen LogP contribution in [0.3, 0.4) is 0 Å². The van der Waals surface area contributed by atoms with Crippen molar-refractivity contribution in [3.05, 3.63) is 42.4 Å². The number of likely N-dealkylation sites (tertiary alicyclic amines) is 1. The van der Waals surface area contributed by atoms with Gasteiger partial charge in [-0.05, 0) is 32.0 Å². The number of nitrogens with zero attached hydrogens (tertiary/aromatic N) is 6. The molecule has 1 saturated carbocycles. The average molecular weight is 447 g/mol. The van der Waals surface area contributed by atoms with Crippen molar-refractivity contribution in [3.8, 4) is 11.3 Å². The largest absolute Gasteiger partial charge is 0.391 e. The molecule has 3 N–H and O–H groups in total. The summed E-state index contributed by atoms with van der Waals surface area (Å²) in [6.07, 6.45) is 6.46. The molecule has 2 atom stereocenters. The van der Waals surface area contributed by atoms with Crippen molar-refractivity contribution >= 4 is 28.4 Å². The molecule has 0 spiro atoms. The Hall–Kier alpha value is -3.50. The minimum atomic E-state index is -0.489. The Labute approximate surface area is 190 Å². The Morgan fingerprint density at radius 1 is 1.24 bits per heavy atom. The molecule has 10 nitrogen and oxygen atoms in total. The van der Waals surface area contributed by atoms with Gasteiger partial charge in [0.05, 0.1) is 30.1 Å². The van der Waals surface area contributed by atoms with Crippen molar-refractivity contribution in [1.29, 1.82) is 0 Å². The molecule has 170 valence electrons. The Kier molecular flexibility index (Phi) is 4.59. The van der Waals surface area contributed by atoms with Crippen LogP contribution in [0.2, 0.25) is 0 Å². The van der Waals surface area contributed by atoms with Crippen LogP contribution in [0.15, 0.2) is 36.8 Å². The van der Waals surface area contributed by atoms with E-state index < -0.39 is 6.10 Å². The Balaban J connectivity index is 1.46. The van der Waals surface area contributed by atoms with Crippen molar-refractivity contribution in [2.45, 2.75) is 31.0 Å². The normalized spacial score (nSPS) is 21.2. The molecule has 0 bridgehead atoms. The number of aromatic nitrogens is 5. The summed E-state index contributed by atoms with van der Waals surface area (Å²) in [6.45, 7) is 1.96. The zero-order valence-electron chi connectivity index (χ0n) is 18.6. The first-order valence-electron chi connectivity index (χ1n) is 11.2. The third-order valence-corrected chi connectivity index (χ3v) is 6.83. The van der Waals surface area contributed by atoms with Gasteiger partial charge in [-0.1, -0.05) is 0 Å². The highest BCUT2D eigenvalue weighted by Gasteiger charge is 2.32. The Bertz CT molecular complexity index is 1370. The smallest absolute Gasteiger partial charge is 0.257 e. The summed E-state index contributed by atoms with van der Waals surface area (Å²) < 4.78 is 3.87. The van der Waals surface area contributed by atoms with Gasteiger partial charge in [0, 0.05) is 49.5 Å². The van der Waals surface area contributed by atoms with E-state index in [1.165, 1.54) is 6.20 Å². The lowest BCUT2D eigenvalue weighted by Crippen LogP contribution is -2.50. The summed E-state index contributed by atoms with van der Waals surface area (Å²) >= 11 is 0. The number of anilines is 1. The van der Waals surface area contributed by atoms with E-state index in [-0.39, 0.29) is 11.9 Å². The predicted octanol–water partition coefficient (Wildman–Crippen LogP) is 1.53. The number of hydrogen-bond donors (Lipinski definition) is 3. The van der Waals surface area contributed by atoms with Crippen molar-refractivity contribution < 1.29 is 9.90 Å². The zero-order valence-corrected chi connectivity index (χ0v) is 18.6. The maximum Gasteiger partial charge on any atom is 0.257 e. The maximum absolute atomic E-state index is 12.9. The molecule has 4 aromatic heterocycles. The summed E-state index contributed by atoms with van der Waals surface area (Å²) in [5.74, 6) is 0.452. The second kappa shape index (κ2) is 7.53. The van der Waals surface area contributed by atoms with Gasteiger partial charge >= 0.3 is 0 Å². The highest BCUT2D eigenvalue weighted by molar-refractivity contribution is 6.01. The Morgan fingerprint density at radius 2 is 2.09 bits per heavy atom. The lowest BCUT2D eigenvalue weighted by molar-refractivity contribution is 0.0448. The van der Waals surface area contributed by atoms with Crippen LogP contribution in [0.5, 0.6) is 0 Å². The number of aliphatic hydroxyl groups is 1. The van der Waals surface area contributed by atoms with Gasteiger partial charge < -0.3 is 25.2 Å². The number of carbonyl (C=O) groups excluding carboxylic acids is 1. The van der Waals surface area contributed by atoms with E-state index in [9.17, 15) is 9.90 Å². The van der Waals surface area contributed by atoms with Crippen molar-refractivity contribution in [2.24, 2.45) is 0 Å². The van der Waals surface area contributed by atoms with E-state index in [0.717, 1.165) is 47.6 Å². The van der Waals surface area contributed by atoms with Crippen LogP contribution in [0.1, 0.15) is 29.2 Å². The molecule has 0 unspecified atom stereocenters. The first-order valence-corrected chi connectivity index (χ1v) is 11.2. The van der Waals surface area contributed by atoms with E-state index in [4.69, 9.17) is 4.98 Å². The molecule has 4 aromatic rings. The van der Waals surface area contributed by atoms with Crippen LogP contribution < -0.4 is 10.6 Å². The summed E-state index contributed by atoms with van der Waals surface area (Å²) in [5, 5.41) is 21.3. The number of carbonyl (C=O) groups is 1. The number of nitrogens with one attached hydrogen (secondary N) is 2. The lowest BCUT2D eigenvalue weighted by Gasteiger charge is -2.37. The summed E-state index contributed by atoms with van der Waals surface area (Å²) in [6, 6.07) is 6.09. The molecule has 0 radical (unpaired) electrons. The molecule has 1 aliphatic carbocycles. The number of fused-ring (bicyclic) bond motifs is 2. The Morgan fingerprint density at radius 3 is 2.79 bits per heavy atom. The van der Waals surface area contributed by atoms with E-state index in [1.807, 2.05) is 25.4 Å². The topological polar surface area (TPSA) is 113 Å². The molecule has 1 aliphatic heterocycles. The van der Waals surface area contributed by atoms with Gasteiger partial charge in [0.15, 0.2) is 5.65 Å². The van der Waals surface area contributed by atoms with E-state index in [0.29, 0.717) is 23.7 Å². The minimum absolute atomic E-state index is 0.218. The third kappa shape index (κ3) is 3.17. The molecule has 33 heavy (non-hydrogen) atoms. The minimum Gasteiger partial charge on any atom is -0.391 e. The summed E-state index contributed by atoms with van der Waals surface area (Å²) in [5.41, 5.74) is 3.50. The van der Waals surface area contributed by atoms with Gasteiger partial charge in [0.2, 0.25) is 0 Å². The van der Waals surface area contributed by atoms with Crippen molar-refractivity contribution in [2.75, 3.05) is 32.5 Å². The molecular formula is C23H26N8O2. The van der Waals surface area contributed by atoms with Crippen LogP contribution in [-0.2, 0) is 0 Å². The predicted molar refractivity (Wildman–Crippen MR) is 124 cm³/mol. The number of hydrogen-bond acceptors (Lipinski definition) is 7. The average Bonchev–Trinajstić information content (AvgIpc) is 3.40. The number of pyridine rings is 1.